The molecular weight excluding hydrogens is 345 g/mol. The van der Waals surface area contributed by atoms with Crippen LogP contribution >= 0.6 is 23.2 Å². The average Bonchev–Trinajstić information content (AvgIpc) is 2.51. The first-order valence-corrected chi connectivity index (χ1v) is 8.71. The molecule has 0 bridgehead atoms. The van der Waals surface area contributed by atoms with Gasteiger partial charge >= 0.3 is 0 Å². The van der Waals surface area contributed by atoms with E-state index in [2.05, 4.69) is 0 Å². The summed E-state index contributed by atoms with van der Waals surface area (Å²) < 4.78 is 31.9. The van der Waals surface area contributed by atoms with Crippen molar-refractivity contribution < 1.29 is 13.2 Å². The lowest BCUT2D eigenvalue weighted by Gasteiger charge is -2.23. The van der Waals surface area contributed by atoms with Gasteiger partial charge in [-0.1, -0.05) is 23.2 Å². The summed E-state index contributed by atoms with van der Waals surface area (Å²) in [5.74, 6) is 0.594. The van der Waals surface area contributed by atoms with Crippen molar-refractivity contribution in [2.45, 2.75) is 11.8 Å². The van der Waals surface area contributed by atoms with Gasteiger partial charge in [0.05, 0.1) is 27.7 Å². The van der Waals surface area contributed by atoms with Crippen LogP contribution in [0.1, 0.15) is 6.92 Å². The van der Waals surface area contributed by atoms with Crippen molar-refractivity contribution in [2.24, 2.45) is 0 Å². The Kier molecular flexibility index (Phi) is 5.21. The lowest BCUT2D eigenvalue weighted by atomic mass is 10.3. The number of ether oxygens (including phenoxy) is 1. The lowest BCUT2D eigenvalue weighted by molar-refractivity contribution is 0.414. The van der Waals surface area contributed by atoms with E-state index in [1.54, 1.807) is 31.2 Å². The Morgan fingerprint density at radius 1 is 1.05 bits per heavy atom. The van der Waals surface area contributed by atoms with Crippen LogP contribution < -0.4 is 9.04 Å². The molecule has 0 fully saturated rings. The summed E-state index contributed by atoms with van der Waals surface area (Å²) in [6.07, 6.45) is 0. The van der Waals surface area contributed by atoms with Crippen LogP contribution in [0.5, 0.6) is 5.75 Å². The Hall–Kier alpha value is -1.43. The normalized spacial score (nSPS) is 11.3. The van der Waals surface area contributed by atoms with Crippen LogP contribution in [0.4, 0.5) is 5.69 Å². The number of methoxy groups -OCH3 is 1. The molecule has 2 aromatic carbocycles. The number of benzene rings is 2. The zero-order valence-corrected chi connectivity index (χ0v) is 14.4. The highest BCUT2D eigenvalue weighted by Crippen LogP contribution is 2.30. The molecule has 0 amide bonds. The number of rotatable bonds is 5. The predicted octanol–water partition coefficient (Wildman–Crippen LogP) is 4.22. The van der Waals surface area contributed by atoms with Crippen LogP contribution in [0.3, 0.4) is 0 Å². The molecule has 2 aromatic rings. The number of halogens is 2. The molecule has 0 radical (unpaired) electrons. The van der Waals surface area contributed by atoms with Crippen LogP contribution in [0, 0.1) is 0 Å². The maximum atomic E-state index is 12.8. The molecule has 0 saturated carbocycles. The summed E-state index contributed by atoms with van der Waals surface area (Å²) in [5, 5.41) is 0.686. The molecule has 118 valence electrons. The van der Waals surface area contributed by atoms with Gasteiger partial charge in [0.2, 0.25) is 0 Å². The Morgan fingerprint density at radius 2 is 1.68 bits per heavy atom. The highest BCUT2D eigenvalue weighted by atomic mass is 35.5. The van der Waals surface area contributed by atoms with Crippen molar-refractivity contribution in [1.29, 1.82) is 0 Å². The third-order valence-corrected chi connectivity index (χ3v) is 5.78. The molecule has 0 aromatic heterocycles. The number of nitrogens with zero attached hydrogens (tertiary/aromatic N) is 1. The van der Waals surface area contributed by atoms with Crippen LogP contribution in [0.15, 0.2) is 47.4 Å². The van der Waals surface area contributed by atoms with Gasteiger partial charge in [-0.25, -0.2) is 8.42 Å². The highest BCUT2D eigenvalue weighted by Gasteiger charge is 2.24. The van der Waals surface area contributed by atoms with Gasteiger partial charge in [0.25, 0.3) is 10.0 Å². The van der Waals surface area contributed by atoms with Crippen molar-refractivity contribution in [3.05, 3.63) is 52.5 Å². The molecule has 22 heavy (non-hydrogen) atoms. The second-order valence-corrected chi connectivity index (χ2v) is 7.12. The van der Waals surface area contributed by atoms with Crippen LogP contribution in [-0.4, -0.2) is 22.1 Å². The molecule has 7 heteroatoms. The molecule has 0 N–H and O–H groups in total. The standard InChI is InChI=1S/C15H15Cl2NO3S/c1-3-18(11-4-9-14(16)15(17)10-11)22(19,20)13-7-5-12(21-2)6-8-13/h4-10H,3H2,1-2H3. The maximum Gasteiger partial charge on any atom is 0.264 e. The van der Waals surface area contributed by atoms with E-state index in [1.807, 2.05) is 0 Å². The van der Waals surface area contributed by atoms with Gasteiger partial charge < -0.3 is 4.74 Å². The Balaban J connectivity index is 2.45. The van der Waals surface area contributed by atoms with Crippen LogP contribution in [-0.2, 0) is 10.0 Å². The first-order chi connectivity index (χ1) is 10.4. The smallest absolute Gasteiger partial charge is 0.264 e. The minimum atomic E-state index is -3.68. The van der Waals surface area contributed by atoms with E-state index in [-0.39, 0.29) is 11.4 Å². The number of hydrogen-bond donors (Lipinski definition) is 0. The summed E-state index contributed by atoms with van der Waals surface area (Å²) in [6.45, 7) is 2.02. The SMILES string of the molecule is CCN(c1ccc(Cl)c(Cl)c1)S(=O)(=O)c1ccc(OC)cc1. The van der Waals surface area contributed by atoms with Gasteiger partial charge in [0.1, 0.15) is 5.75 Å². The van der Waals surface area contributed by atoms with Gasteiger partial charge in [-0.2, -0.15) is 0 Å². The fraction of sp³-hybridized carbons (Fsp3) is 0.200. The number of hydrogen-bond acceptors (Lipinski definition) is 3. The van der Waals surface area contributed by atoms with E-state index in [9.17, 15) is 8.42 Å². The van der Waals surface area contributed by atoms with E-state index in [4.69, 9.17) is 27.9 Å². The Bertz CT molecular complexity index is 761. The summed E-state index contributed by atoms with van der Waals surface area (Å²) in [6, 6.07) is 11.0. The van der Waals surface area contributed by atoms with Crippen LogP contribution in [0.2, 0.25) is 10.0 Å². The molecule has 0 atom stereocenters. The molecule has 0 spiro atoms. The molecule has 0 heterocycles. The fourth-order valence-electron chi connectivity index (χ4n) is 2.01. The van der Waals surface area contributed by atoms with Crippen molar-refractivity contribution in [3.63, 3.8) is 0 Å². The second-order valence-electron chi connectivity index (χ2n) is 4.44. The first-order valence-electron chi connectivity index (χ1n) is 6.52. The van der Waals surface area contributed by atoms with Gasteiger partial charge in [0, 0.05) is 6.54 Å². The first kappa shape index (κ1) is 16.9. The quantitative estimate of drug-likeness (QED) is 0.802. The fourth-order valence-corrected chi connectivity index (χ4v) is 3.76. The predicted molar refractivity (Wildman–Crippen MR) is 89.7 cm³/mol. The lowest BCUT2D eigenvalue weighted by Crippen LogP contribution is -2.30. The zero-order valence-electron chi connectivity index (χ0n) is 12.1. The van der Waals surface area contributed by atoms with Crippen molar-refractivity contribution in [3.8, 4) is 5.75 Å². The molecule has 0 aliphatic rings. The van der Waals surface area contributed by atoms with Crippen molar-refractivity contribution in [1.82, 2.24) is 0 Å². The van der Waals surface area contributed by atoms with Gasteiger partial charge in [-0.15, -0.1) is 0 Å². The molecule has 2 rings (SSSR count). The monoisotopic (exact) mass is 359 g/mol. The van der Waals surface area contributed by atoms with Crippen LogP contribution in [0.25, 0.3) is 0 Å². The topological polar surface area (TPSA) is 46.6 Å². The van der Waals surface area contributed by atoms with E-state index >= 15 is 0 Å². The molecule has 0 saturated heterocycles. The summed E-state index contributed by atoms with van der Waals surface area (Å²) in [4.78, 5) is 0.182. The van der Waals surface area contributed by atoms with E-state index in [0.717, 1.165) is 0 Å². The molecule has 0 aliphatic heterocycles. The third-order valence-electron chi connectivity index (χ3n) is 3.13. The van der Waals surface area contributed by atoms with Crippen molar-refractivity contribution in [2.75, 3.05) is 18.0 Å². The minimum absolute atomic E-state index is 0.182. The summed E-state index contributed by atoms with van der Waals surface area (Å²) >= 11 is 11.9. The van der Waals surface area contributed by atoms with E-state index in [1.165, 1.54) is 29.6 Å². The Labute approximate surface area is 140 Å². The maximum absolute atomic E-state index is 12.8. The second kappa shape index (κ2) is 6.77. The van der Waals surface area contributed by atoms with Gasteiger partial charge in [-0.05, 0) is 49.4 Å². The zero-order chi connectivity index (χ0) is 16.3. The number of anilines is 1. The average molecular weight is 360 g/mol. The molecule has 4 nitrogen and oxygen atoms in total. The third kappa shape index (κ3) is 3.32. The van der Waals surface area contributed by atoms with E-state index < -0.39 is 10.0 Å². The minimum Gasteiger partial charge on any atom is -0.497 e. The van der Waals surface area contributed by atoms with E-state index in [0.29, 0.717) is 21.5 Å². The Morgan fingerprint density at radius 3 is 2.18 bits per heavy atom. The number of sulfonamides is 1. The van der Waals surface area contributed by atoms with Crippen molar-refractivity contribution >= 4 is 38.9 Å². The van der Waals surface area contributed by atoms with Gasteiger partial charge in [0.15, 0.2) is 0 Å². The highest BCUT2D eigenvalue weighted by molar-refractivity contribution is 7.92. The summed E-state index contributed by atoms with van der Waals surface area (Å²) in [5.41, 5.74) is 0.465. The molecule has 0 aliphatic carbocycles. The largest absolute Gasteiger partial charge is 0.497 e. The molecular formula is C15H15Cl2NO3S. The summed E-state index contributed by atoms with van der Waals surface area (Å²) in [7, 11) is -2.16. The van der Waals surface area contributed by atoms with Gasteiger partial charge in [-0.3, -0.25) is 4.31 Å². The molecule has 0 unspecified atom stereocenters.